The molecule has 0 radical (unpaired) electrons. The molecule has 132 valence electrons. The molecule has 5 heteroatoms. The SMILES string of the molecule is CCCNc1ccc(C)cc1C(=O)N1CCc2cc(=O)n(C)cc2C1. The quantitative estimate of drug-likeness (QED) is 0.932. The molecule has 1 amide bonds. The van der Waals surface area contributed by atoms with Crippen LogP contribution in [0.1, 0.15) is 40.4 Å². The molecule has 5 nitrogen and oxygen atoms in total. The fourth-order valence-electron chi connectivity index (χ4n) is 3.23. The fraction of sp³-hybridized carbons (Fsp3) is 0.400. The van der Waals surface area contributed by atoms with Gasteiger partial charge in [0.05, 0.1) is 5.56 Å². The highest BCUT2D eigenvalue weighted by Gasteiger charge is 2.24. The summed E-state index contributed by atoms with van der Waals surface area (Å²) < 4.78 is 1.58. The Labute approximate surface area is 148 Å². The second kappa shape index (κ2) is 7.13. The van der Waals surface area contributed by atoms with Crippen molar-refractivity contribution < 1.29 is 4.79 Å². The summed E-state index contributed by atoms with van der Waals surface area (Å²) in [6, 6.07) is 7.66. The van der Waals surface area contributed by atoms with Gasteiger partial charge >= 0.3 is 0 Å². The number of fused-ring (bicyclic) bond motifs is 1. The van der Waals surface area contributed by atoms with E-state index in [4.69, 9.17) is 0 Å². The Morgan fingerprint density at radius 3 is 2.80 bits per heavy atom. The van der Waals surface area contributed by atoms with Crippen molar-refractivity contribution in [2.45, 2.75) is 33.2 Å². The third-order valence-electron chi connectivity index (χ3n) is 4.68. The predicted octanol–water partition coefficient (Wildman–Crippen LogP) is 2.71. The van der Waals surface area contributed by atoms with Gasteiger partial charge in [-0.15, -0.1) is 0 Å². The van der Waals surface area contributed by atoms with E-state index < -0.39 is 0 Å². The number of aryl methyl sites for hydroxylation is 2. The van der Waals surface area contributed by atoms with Gasteiger partial charge in [0, 0.05) is 44.6 Å². The monoisotopic (exact) mass is 339 g/mol. The number of hydrogen-bond donors (Lipinski definition) is 1. The van der Waals surface area contributed by atoms with E-state index in [1.807, 2.05) is 36.2 Å². The van der Waals surface area contributed by atoms with E-state index in [1.54, 1.807) is 17.7 Å². The van der Waals surface area contributed by atoms with Crippen molar-refractivity contribution in [1.29, 1.82) is 0 Å². The van der Waals surface area contributed by atoms with E-state index in [2.05, 4.69) is 12.2 Å². The molecule has 0 saturated carbocycles. The van der Waals surface area contributed by atoms with E-state index in [9.17, 15) is 9.59 Å². The zero-order valence-corrected chi connectivity index (χ0v) is 15.1. The van der Waals surface area contributed by atoms with Crippen LogP contribution in [0.15, 0.2) is 35.3 Å². The smallest absolute Gasteiger partial charge is 0.256 e. The molecule has 0 fully saturated rings. The second-order valence-electron chi connectivity index (χ2n) is 6.73. The first kappa shape index (κ1) is 17.3. The number of anilines is 1. The van der Waals surface area contributed by atoms with Gasteiger partial charge in [-0.3, -0.25) is 9.59 Å². The van der Waals surface area contributed by atoms with Crippen molar-refractivity contribution >= 4 is 11.6 Å². The maximum atomic E-state index is 13.1. The molecular formula is C20H25N3O2. The van der Waals surface area contributed by atoms with Gasteiger partial charge < -0.3 is 14.8 Å². The second-order valence-corrected chi connectivity index (χ2v) is 6.73. The highest BCUT2D eigenvalue weighted by molar-refractivity contribution is 6.00. The largest absolute Gasteiger partial charge is 0.384 e. The van der Waals surface area contributed by atoms with Crippen LogP contribution in [0.25, 0.3) is 0 Å². The molecular weight excluding hydrogens is 314 g/mol. The highest BCUT2D eigenvalue weighted by atomic mass is 16.2. The van der Waals surface area contributed by atoms with Gasteiger partial charge in [0.1, 0.15) is 0 Å². The van der Waals surface area contributed by atoms with Gasteiger partial charge in [0.2, 0.25) is 0 Å². The van der Waals surface area contributed by atoms with Crippen molar-refractivity contribution in [2.24, 2.45) is 7.05 Å². The number of rotatable bonds is 4. The first-order valence-corrected chi connectivity index (χ1v) is 8.82. The van der Waals surface area contributed by atoms with Crippen LogP contribution in [0.2, 0.25) is 0 Å². The highest BCUT2D eigenvalue weighted by Crippen LogP contribution is 2.23. The molecule has 0 unspecified atom stereocenters. The summed E-state index contributed by atoms with van der Waals surface area (Å²) in [4.78, 5) is 26.8. The molecule has 0 atom stereocenters. The van der Waals surface area contributed by atoms with Crippen molar-refractivity contribution in [2.75, 3.05) is 18.4 Å². The molecule has 0 aliphatic carbocycles. The predicted molar refractivity (Wildman–Crippen MR) is 100 cm³/mol. The number of amides is 1. The Kier molecular flexibility index (Phi) is 4.93. The van der Waals surface area contributed by atoms with Gasteiger partial charge in [0.15, 0.2) is 0 Å². The maximum Gasteiger partial charge on any atom is 0.256 e. The topological polar surface area (TPSA) is 54.3 Å². The lowest BCUT2D eigenvalue weighted by molar-refractivity contribution is 0.0735. The summed E-state index contributed by atoms with van der Waals surface area (Å²) in [5.74, 6) is 0.0433. The standard InChI is InChI=1S/C20H25N3O2/c1-4-8-21-18-6-5-14(2)10-17(18)20(25)23-9-7-15-11-19(24)22(3)12-16(15)13-23/h5-6,10-12,21H,4,7-9,13H2,1-3H3. The van der Waals surface area contributed by atoms with Crippen LogP contribution in [0.3, 0.4) is 0 Å². The van der Waals surface area contributed by atoms with Crippen LogP contribution in [-0.2, 0) is 20.0 Å². The third kappa shape index (κ3) is 3.60. The normalized spacial score (nSPS) is 13.5. The Bertz CT molecular complexity index is 855. The summed E-state index contributed by atoms with van der Waals surface area (Å²) in [5, 5.41) is 3.35. The number of carbonyl (C=O) groups excluding carboxylic acids is 1. The van der Waals surface area contributed by atoms with E-state index in [0.29, 0.717) is 13.1 Å². The van der Waals surface area contributed by atoms with E-state index in [-0.39, 0.29) is 11.5 Å². The lowest BCUT2D eigenvalue weighted by Gasteiger charge is -2.30. The van der Waals surface area contributed by atoms with E-state index in [0.717, 1.165) is 47.3 Å². The summed E-state index contributed by atoms with van der Waals surface area (Å²) in [5.41, 5.74) is 4.80. The fourth-order valence-corrected chi connectivity index (χ4v) is 3.23. The molecule has 1 aliphatic heterocycles. The lowest BCUT2D eigenvalue weighted by atomic mass is 10.0. The zero-order chi connectivity index (χ0) is 18.0. The number of nitrogens with one attached hydrogen (secondary N) is 1. The maximum absolute atomic E-state index is 13.1. The van der Waals surface area contributed by atoms with Gasteiger partial charge in [-0.2, -0.15) is 0 Å². The average Bonchev–Trinajstić information content (AvgIpc) is 2.60. The Hall–Kier alpha value is -2.56. The van der Waals surface area contributed by atoms with Gasteiger partial charge in [-0.05, 0) is 43.0 Å². The number of hydrogen-bond acceptors (Lipinski definition) is 3. The molecule has 0 saturated heterocycles. The van der Waals surface area contributed by atoms with Crippen LogP contribution in [-0.4, -0.2) is 28.5 Å². The van der Waals surface area contributed by atoms with Crippen LogP contribution < -0.4 is 10.9 Å². The van der Waals surface area contributed by atoms with E-state index in [1.165, 1.54) is 0 Å². The van der Waals surface area contributed by atoms with Crippen LogP contribution in [0.5, 0.6) is 0 Å². The summed E-state index contributed by atoms with van der Waals surface area (Å²) >= 11 is 0. The Balaban J connectivity index is 1.88. The van der Waals surface area contributed by atoms with Crippen molar-refractivity contribution in [1.82, 2.24) is 9.47 Å². The molecule has 2 heterocycles. The zero-order valence-electron chi connectivity index (χ0n) is 15.1. The summed E-state index contributed by atoms with van der Waals surface area (Å²) in [6.45, 7) is 6.13. The Morgan fingerprint density at radius 2 is 2.04 bits per heavy atom. The van der Waals surface area contributed by atoms with Crippen LogP contribution in [0.4, 0.5) is 5.69 Å². The number of aromatic nitrogens is 1. The summed E-state index contributed by atoms with van der Waals surface area (Å²) in [7, 11) is 1.75. The molecule has 0 spiro atoms. The van der Waals surface area contributed by atoms with Gasteiger partial charge in [-0.25, -0.2) is 0 Å². The summed E-state index contributed by atoms with van der Waals surface area (Å²) in [6.07, 6.45) is 3.58. The Morgan fingerprint density at radius 1 is 1.24 bits per heavy atom. The van der Waals surface area contributed by atoms with Gasteiger partial charge in [-0.1, -0.05) is 18.6 Å². The van der Waals surface area contributed by atoms with Crippen LogP contribution in [0, 0.1) is 6.92 Å². The minimum Gasteiger partial charge on any atom is -0.384 e. The molecule has 1 aromatic heterocycles. The van der Waals surface area contributed by atoms with Crippen molar-refractivity contribution in [3.05, 3.63) is 63.1 Å². The molecule has 25 heavy (non-hydrogen) atoms. The molecule has 1 aromatic carbocycles. The first-order chi connectivity index (χ1) is 12.0. The molecule has 1 aliphatic rings. The number of nitrogens with zero attached hydrogens (tertiary/aromatic N) is 2. The number of benzene rings is 1. The molecule has 3 rings (SSSR count). The minimum atomic E-state index is 0.00302. The molecule has 0 bridgehead atoms. The number of carbonyl (C=O) groups is 1. The number of pyridine rings is 1. The molecule has 1 N–H and O–H groups in total. The average molecular weight is 339 g/mol. The van der Waals surface area contributed by atoms with Gasteiger partial charge in [0.25, 0.3) is 11.5 Å². The molecule has 2 aromatic rings. The van der Waals surface area contributed by atoms with Crippen molar-refractivity contribution in [3.63, 3.8) is 0 Å². The van der Waals surface area contributed by atoms with Crippen molar-refractivity contribution in [3.8, 4) is 0 Å². The first-order valence-electron chi connectivity index (χ1n) is 8.82. The van der Waals surface area contributed by atoms with E-state index >= 15 is 0 Å². The lowest BCUT2D eigenvalue weighted by Crippen LogP contribution is -2.37. The van der Waals surface area contributed by atoms with Crippen LogP contribution >= 0.6 is 0 Å². The third-order valence-corrected chi connectivity index (χ3v) is 4.68. The minimum absolute atomic E-state index is 0.00302.